The molecule has 0 saturated carbocycles. The molecule has 2 amide bonds. The molecule has 1 aromatic heterocycles. The Morgan fingerprint density at radius 3 is 2.23 bits per heavy atom. The number of thiophene rings is 1. The topological polar surface area (TPSA) is 58.2 Å². The first-order valence-electron chi connectivity index (χ1n) is 7.74. The third-order valence-electron chi connectivity index (χ3n) is 3.49. The predicted octanol–water partition coefficient (Wildman–Crippen LogP) is 4.77. The average Bonchev–Trinajstić information content (AvgIpc) is 3.18. The van der Waals surface area contributed by atoms with Crippen molar-refractivity contribution in [2.45, 2.75) is 10.6 Å². The molecular weight excluding hydrogens is 388 g/mol. The summed E-state index contributed by atoms with van der Waals surface area (Å²) in [6, 6.07) is 18.0. The van der Waals surface area contributed by atoms with E-state index in [-0.39, 0.29) is 5.91 Å². The summed E-state index contributed by atoms with van der Waals surface area (Å²) in [5, 5.41) is 2.35. The predicted molar refractivity (Wildman–Crippen MR) is 107 cm³/mol. The highest BCUT2D eigenvalue weighted by molar-refractivity contribution is 7.98. The van der Waals surface area contributed by atoms with Crippen LogP contribution < -0.4 is 10.9 Å². The number of carbonyl (C=O) groups is 2. The molecule has 0 unspecified atom stereocenters. The molecule has 1 heterocycles. The Kier molecular flexibility index (Phi) is 6.33. The van der Waals surface area contributed by atoms with Gasteiger partial charge in [-0.1, -0.05) is 41.9 Å². The van der Waals surface area contributed by atoms with Crippen LogP contribution in [0.25, 0.3) is 0 Å². The summed E-state index contributed by atoms with van der Waals surface area (Å²) in [5.41, 5.74) is 5.66. The fourth-order valence-electron chi connectivity index (χ4n) is 2.22. The summed E-state index contributed by atoms with van der Waals surface area (Å²) in [5.74, 6) is -0.0548. The molecule has 3 rings (SSSR count). The second-order valence-corrected chi connectivity index (χ2v) is 7.71. The molecule has 0 spiro atoms. The first kappa shape index (κ1) is 18.5. The first-order valence-corrected chi connectivity index (χ1v) is 9.99. The van der Waals surface area contributed by atoms with Gasteiger partial charge in [0.25, 0.3) is 11.8 Å². The van der Waals surface area contributed by atoms with Gasteiger partial charge in [-0.25, -0.2) is 0 Å². The van der Waals surface area contributed by atoms with E-state index in [0.717, 1.165) is 10.6 Å². The largest absolute Gasteiger partial charge is 0.271 e. The summed E-state index contributed by atoms with van der Waals surface area (Å²) in [6.45, 7) is 0. The van der Waals surface area contributed by atoms with Gasteiger partial charge in [-0.3, -0.25) is 20.4 Å². The molecule has 0 fully saturated rings. The van der Waals surface area contributed by atoms with Crippen LogP contribution in [0.15, 0.2) is 70.9 Å². The number of benzene rings is 2. The van der Waals surface area contributed by atoms with Crippen molar-refractivity contribution < 1.29 is 9.59 Å². The normalized spacial score (nSPS) is 10.3. The number of hydrogen-bond acceptors (Lipinski definition) is 4. The van der Waals surface area contributed by atoms with Crippen LogP contribution in [0.5, 0.6) is 0 Å². The van der Waals surface area contributed by atoms with Gasteiger partial charge in [-0.2, -0.15) is 0 Å². The molecule has 0 aliphatic heterocycles. The molecule has 0 aliphatic carbocycles. The molecule has 4 nitrogen and oxygen atoms in total. The number of halogens is 1. The van der Waals surface area contributed by atoms with Crippen molar-refractivity contribution >= 4 is 46.5 Å². The summed E-state index contributed by atoms with van der Waals surface area (Å²) in [4.78, 5) is 26.7. The molecule has 2 aromatic carbocycles. The zero-order valence-corrected chi connectivity index (χ0v) is 16.0. The van der Waals surface area contributed by atoms with Crippen molar-refractivity contribution in [2.75, 3.05) is 0 Å². The fraction of sp³-hybridized carbons (Fsp3) is 0.0526. The molecule has 0 saturated heterocycles. The minimum Gasteiger partial charge on any atom is -0.267 e. The zero-order chi connectivity index (χ0) is 18.4. The van der Waals surface area contributed by atoms with Crippen LogP contribution in [0.1, 0.15) is 25.6 Å². The van der Waals surface area contributed by atoms with E-state index in [0.29, 0.717) is 16.1 Å². The van der Waals surface area contributed by atoms with Crippen LogP contribution >= 0.6 is 34.7 Å². The van der Waals surface area contributed by atoms with E-state index < -0.39 is 5.91 Å². The fourth-order valence-corrected chi connectivity index (χ4v) is 4.26. The summed E-state index contributed by atoms with van der Waals surface area (Å²) >= 11 is 9.25. The van der Waals surface area contributed by atoms with E-state index in [2.05, 4.69) is 16.9 Å². The molecule has 3 aromatic rings. The smallest absolute Gasteiger partial charge is 0.267 e. The Labute approximate surface area is 164 Å². The standard InChI is InChI=1S/C19H15ClN2O2S2/c20-16-9-3-1-7-14(16)18(23)21-22-19(24)15-8-2-4-10-17(15)26-12-13-6-5-11-25-13/h1-11H,12H2,(H,21,23)(H,22,24). The average molecular weight is 403 g/mol. The van der Waals surface area contributed by atoms with Gasteiger partial charge in [0.15, 0.2) is 0 Å². The SMILES string of the molecule is O=C(NNC(=O)c1ccccc1SCc1cccs1)c1ccccc1Cl. The first-order chi connectivity index (χ1) is 12.6. The number of carbonyl (C=O) groups excluding carboxylic acids is 2. The number of hydrazine groups is 1. The van der Waals surface area contributed by atoms with E-state index in [1.165, 1.54) is 4.88 Å². The molecular formula is C19H15ClN2O2S2. The highest BCUT2D eigenvalue weighted by Gasteiger charge is 2.14. The molecule has 2 N–H and O–H groups in total. The molecule has 0 radical (unpaired) electrons. The van der Waals surface area contributed by atoms with E-state index >= 15 is 0 Å². The van der Waals surface area contributed by atoms with Crippen molar-refractivity contribution in [3.8, 4) is 0 Å². The Bertz CT molecular complexity index is 913. The second kappa shape index (κ2) is 8.89. The van der Waals surface area contributed by atoms with Gasteiger partial charge in [0.05, 0.1) is 16.1 Å². The lowest BCUT2D eigenvalue weighted by molar-refractivity contribution is 0.0845. The lowest BCUT2D eigenvalue weighted by Crippen LogP contribution is -2.41. The Morgan fingerprint density at radius 1 is 0.885 bits per heavy atom. The maximum absolute atomic E-state index is 12.5. The lowest BCUT2D eigenvalue weighted by atomic mass is 10.2. The number of hydrogen-bond donors (Lipinski definition) is 2. The molecule has 132 valence electrons. The third kappa shape index (κ3) is 4.66. The Morgan fingerprint density at radius 2 is 1.54 bits per heavy atom. The van der Waals surface area contributed by atoms with Crippen molar-refractivity contribution in [3.05, 3.63) is 87.1 Å². The second-order valence-electron chi connectivity index (χ2n) is 5.25. The van der Waals surface area contributed by atoms with Gasteiger partial charge >= 0.3 is 0 Å². The van der Waals surface area contributed by atoms with Gasteiger partial charge in [0.2, 0.25) is 0 Å². The Balaban J connectivity index is 1.64. The maximum atomic E-state index is 12.5. The summed E-state index contributed by atoms with van der Waals surface area (Å²) < 4.78 is 0. The summed E-state index contributed by atoms with van der Waals surface area (Å²) in [7, 11) is 0. The van der Waals surface area contributed by atoms with E-state index in [4.69, 9.17) is 11.6 Å². The quantitative estimate of drug-likeness (QED) is 0.477. The van der Waals surface area contributed by atoms with Gasteiger partial charge in [0.1, 0.15) is 0 Å². The molecule has 0 bridgehead atoms. The Hall–Kier alpha value is -2.28. The van der Waals surface area contributed by atoms with Gasteiger partial charge < -0.3 is 0 Å². The van der Waals surface area contributed by atoms with Crippen LogP contribution in [0.4, 0.5) is 0 Å². The number of rotatable bonds is 5. The van der Waals surface area contributed by atoms with Gasteiger partial charge in [-0.15, -0.1) is 23.1 Å². The molecule has 7 heteroatoms. The third-order valence-corrected chi connectivity index (χ3v) is 6.00. The minimum absolute atomic E-state index is 0.301. The van der Waals surface area contributed by atoms with Crippen LogP contribution in [-0.4, -0.2) is 11.8 Å². The highest BCUT2D eigenvalue weighted by atomic mass is 35.5. The number of nitrogens with one attached hydrogen (secondary N) is 2. The highest BCUT2D eigenvalue weighted by Crippen LogP contribution is 2.27. The van der Waals surface area contributed by atoms with E-state index in [1.807, 2.05) is 23.6 Å². The number of amides is 2. The van der Waals surface area contributed by atoms with Crippen LogP contribution in [0.3, 0.4) is 0 Å². The van der Waals surface area contributed by atoms with Gasteiger partial charge in [0, 0.05) is 15.5 Å². The summed E-state index contributed by atoms with van der Waals surface area (Å²) in [6.07, 6.45) is 0. The van der Waals surface area contributed by atoms with Crippen molar-refractivity contribution in [2.24, 2.45) is 0 Å². The van der Waals surface area contributed by atoms with Crippen LogP contribution in [0, 0.1) is 0 Å². The van der Waals surface area contributed by atoms with Crippen molar-refractivity contribution in [3.63, 3.8) is 0 Å². The molecule has 0 atom stereocenters. The van der Waals surface area contributed by atoms with Gasteiger partial charge in [-0.05, 0) is 35.7 Å². The zero-order valence-electron chi connectivity index (χ0n) is 13.6. The molecule has 0 aliphatic rings. The van der Waals surface area contributed by atoms with Crippen LogP contribution in [0.2, 0.25) is 5.02 Å². The molecule has 26 heavy (non-hydrogen) atoms. The van der Waals surface area contributed by atoms with Crippen molar-refractivity contribution in [1.29, 1.82) is 0 Å². The minimum atomic E-state index is -0.465. The maximum Gasteiger partial charge on any atom is 0.271 e. The van der Waals surface area contributed by atoms with E-state index in [9.17, 15) is 9.59 Å². The van der Waals surface area contributed by atoms with Crippen LogP contribution in [-0.2, 0) is 5.75 Å². The van der Waals surface area contributed by atoms with E-state index in [1.54, 1.807) is 59.5 Å². The number of thioether (sulfide) groups is 1. The van der Waals surface area contributed by atoms with Crippen molar-refractivity contribution in [1.82, 2.24) is 10.9 Å². The lowest BCUT2D eigenvalue weighted by Gasteiger charge is -2.11. The monoisotopic (exact) mass is 402 g/mol.